The number of amidine groups is 1. The van der Waals surface area contributed by atoms with E-state index in [1.165, 1.54) is 23.9 Å². The number of carbonyl (C=O) groups excluding carboxylic acids is 1. The first kappa shape index (κ1) is 15.0. The van der Waals surface area contributed by atoms with E-state index in [2.05, 4.69) is 15.3 Å². The van der Waals surface area contributed by atoms with Crippen molar-refractivity contribution in [1.29, 1.82) is 0 Å². The zero-order valence-electron chi connectivity index (χ0n) is 11.8. The lowest BCUT2D eigenvalue weighted by atomic mass is 10.2. The van der Waals surface area contributed by atoms with E-state index in [0.29, 0.717) is 15.8 Å². The van der Waals surface area contributed by atoms with Gasteiger partial charge in [0.15, 0.2) is 5.17 Å². The minimum Gasteiger partial charge on any atom is -0.478 e. The Morgan fingerprint density at radius 3 is 2.91 bits per heavy atom. The first-order valence-electron chi connectivity index (χ1n) is 6.65. The van der Waals surface area contributed by atoms with Gasteiger partial charge in [0.1, 0.15) is 0 Å². The molecule has 7 heteroatoms. The molecule has 0 aliphatic carbocycles. The predicted molar refractivity (Wildman–Crippen MR) is 88.4 cm³/mol. The molecule has 1 aromatic carbocycles. The number of benzene rings is 1. The van der Waals surface area contributed by atoms with Crippen molar-refractivity contribution in [3.8, 4) is 0 Å². The lowest BCUT2D eigenvalue weighted by Crippen LogP contribution is -2.19. The van der Waals surface area contributed by atoms with Crippen LogP contribution < -0.4 is 5.32 Å². The van der Waals surface area contributed by atoms with Gasteiger partial charge in [-0.3, -0.25) is 9.78 Å². The van der Waals surface area contributed by atoms with Crippen LogP contribution in [0.3, 0.4) is 0 Å². The lowest BCUT2D eigenvalue weighted by Gasteiger charge is -1.98. The Morgan fingerprint density at radius 1 is 1.30 bits per heavy atom. The van der Waals surface area contributed by atoms with Crippen molar-refractivity contribution in [1.82, 2.24) is 10.3 Å². The molecule has 1 saturated heterocycles. The van der Waals surface area contributed by atoms with E-state index in [1.54, 1.807) is 36.7 Å². The Morgan fingerprint density at radius 2 is 2.17 bits per heavy atom. The van der Waals surface area contributed by atoms with E-state index < -0.39 is 5.97 Å². The van der Waals surface area contributed by atoms with Gasteiger partial charge in [-0.15, -0.1) is 0 Å². The number of carboxylic acid groups (broad SMARTS) is 1. The number of hydrogen-bond acceptors (Lipinski definition) is 5. The first-order chi connectivity index (χ1) is 11.1. The number of carbonyl (C=O) groups is 2. The maximum atomic E-state index is 12.0. The summed E-state index contributed by atoms with van der Waals surface area (Å²) in [6.07, 6.45) is 5.04. The van der Waals surface area contributed by atoms with Crippen molar-refractivity contribution in [2.75, 3.05) is 0 Å². The fourth-order valence-corrected chi connectivity index (χ4v) is 2.76. The summed E-state index contributed by atoms with van der Waals surface area (Å²) in [6, 6.07) is 9.85. The van der Waals surface area contributed by atoms with Gasteiger partial charge in [-0.2, -0.15) is 0 Å². The van der Waals surface area contributed by atoms with Crippen LogP contribution >= 0.6 is 11.8 Å². The van der Waals surface area contributed by atoms with Crippen molar-refractivity contribution >= 4 is 40.6 Å². The molecule has 1 aliphatic rings. The molecule has 0 unspecified atom stereocenters. The van der Waals surface area contributed by atoms with Gasteiger partial charge in [0.2, 0.25) is 0 Å². The molecule has 2 N–H and O–H groups in total. The van der Waals surface area contributed by atoms with Crippen LogP contribution in [0.1, 0.15) is 15.9 Å². The normalized spacial score (nSPS) is 17.5. The molecule has 0 saturated carbocycles. The summed E-state index contributed by atoms with van der Waals surface area (Å²) in [4.78, 5) is 31.7. The van der Waals surface area contributed by atoms with Crippen LogP contribution in [0.5, 0.6) is 0 Å². The standard InChI is InChI=1S/C16H11N3O3S/c20-14-13(7-10-3-2-6-17-9-10)23-16(19-14)18-12-5-1-4-11(8-12)15(21)22/h1-9H,(H,21,22)(H,18,19,20). The number of nitrogens with zero attached hydrogens (tertiary/aromatic N) is 2. The Bertz CT molecular complexity index is 831. The van der Waals surface area contributed by atoms with Crippen LogP contribution in [0, 0.1) is 0 Å². The highest BCUT2D eigenvalue weighted by Gasteiger charge is 2.23. The third kappa shape index (κ3) is 3.64. The van der Waals surface area contributed by atoms with Crippen molar-refractivity contribution in [3.63, 3.8) is 0 Å². The molecule has 2 heterocycles. The summed E-state index contributed by atoms with van der Waals surface area (Å²) in [7, 11) is 0. The second-order valence-corrected chi connectivity index (χ2v) is 5.65. The number of aromatic nitrogens is 1. The largest absolute Gasteiger partial charge is 0.478 e. The predicted octanol–water partition coefficient (Wildman–Crippen LogP) is 2.67. The number of aliphatic imine (C=N–C) groups is 1. The average molecular weight is 325 g/mol. The summed E-state index contributed by atoms with van der Waals surface area (Å²) in [5.41, 5.74) is 1.43. The summed E-state index contributed by atoms with van der Waals surface area (Å²) in [5.74, 6) is -1.26. The molecular weight excluding hydrogens is 314 g/mol. The third-order valence-corrected chi connectivity index (χ3v) is 3.87. The molecular formula is C16H11N3O3S. The number of carboxylic acids is 1. The van der Waals surface area contributed by atoms with Gasteiger partial charge in [0.05, 0.1) is 16.2 Å². The fraction of sp³-hybridized carbons (Fsp3) is 0. The molecule has 1 fully saturated rings. The third-order valence-electron chi connectivity index (χ3n) is 2.96. The highest BCUT2D eigenvalue weighted by atomic mass is 32.2. The van der Waals surface area contributed by atoms with E-state index in [1.807, 2.05) is 6.07 Å². The monoisotopic (exact) mass is 325 g/mol. The minimum atomic E-state index is -1.02. The van der Waals surface area contributed by atoms with Gasteiger partial charge in [0.25, 0.3) is 5.91 Å². The molecule has 3 rings (SSSR count). The Labute approximate surface area is 136 Å². The zero-order valence-corrected chi connectivity index (χ0v) is 12.6. The molecule has 0 radical (unpaired) electrons. The number of nitrogens with one attached hydrogen (secondary N) is 1. The molecule has 114 valence electrons. The highest BCUT2D eigenvalue weighted by Crippen LogP contribution is 2.28. The van der Waals surface area contributed by atoms with E-state index >= 15 is 0 Å². The molecule has 6 nitrogen and oxygen atoms in total. The topological polar surface area (TPSA) is 91.7 Å². The van der Waals surface area contributed by atoms with Gasteiger partial charge in [0, 0.05) is 12.4 Å². The molecule has 23 heavy (non-hydrogen) atoms. The summed E-state index contributed by atoms with van der Waals surface area (Å²) in [6.45, 7) is 0. The molecule has 0 atom stereocenters. The van der Waals surface area contributed by atoms with E-state index in [-0.39, 0.29) is 11.5 Å². The maximum absolute atomic E-state index is 12.0. The quantitative estimate of drug-likeness (QED) is 0.847. The van der Waals surface area contributed by atoms with E-state index in [4.69, 9.17) is 5.11 Å². The van der Waals surface area contributed by atoms with Crippen molar-refractivity contribution in [2.45, 2.75) is 0 Å². The van der Waals surface area contributed by atoms with Gasteiger partial charge >= 0.3 is 5.97 Å². The van der Waals surface area contributed by atoms with Crippen LogP contribution in [0.15, 0.2) is 58.7 Å². The average Bonchev–Trinajstić information content (AvgIpc) is 2.88. The zero-order chi connectivity index (χ0) is 16.2. The second-order valence-electron chi connectivity index (χ2n) is 4.62. The van der Waals surface area contributed by atoms with Crippen LogP contribution in [-0.4, -0.2) is 27.1 Å². The van der Waals surface area contributed by atoms with Gasteiger partial charge in [-0.05, 0) is 47.7 Å². The maximum Gasteiger partial charge on any atom is 0.335 e. The van der Waals surface area contributed by atoms with Crippen molar-refractivity contribution in [2.24, 2.45) is 4.99 Å². The molecule has 0 bridgehead atoms. The summed E-state index contributed by atoms with van der Waals surface area (Å²) < 4.78 is 0. The molecule has 1 aromatic heterocycles. The van der Waals surface area contributed by atoms with Crippen LogP contribution in [0.2, 0.25) is 0 Å². The number of rotatable bonds is 3. The van der Waals surface area contributed by atoms with Crippen molar-refractivity contribution < 1.29 is 14.7 Å². The number of hydrogen-bond donors (Lipinski definition) is 2. The molecule has 1 amide bonds. The number of thioether (sulfide) groups is 1. The Hall–Kier alpha value is -2.93. The fourth-order valence-electron chi connectivity index (χ4n) is 1.92. The first-order valence-corrected chi connectivity index (χ1v) is 7.46. The van der Waals surface area contributed by atoms with Crippen molar-refractivity contribution in [3.05, 3.63) is 64.8 Å². The summed E-state index contributed by atoms with van der Waals surface area (Å²) in [5, 5.41) is 12.0. The van der Waals surface area contributed by atoms with E-state index in [9.17, 15) is 9.59 Å². The summed E-state index contributed by atoms with van der Waals surface area (Å²) >= 11 is 1.20. The SMILES string of the molecule is O=C1NC(=Nc2cccc(C(=O)O)c2)SC1=Cc1cccnc1. The smallest absolute Gasteiger partial charge is 0.335 e. The molecule has 0 spiro atoms. The number of pyridine rings is 1. The molecule has 2 aromatic rings. The number of aromatic carboxylic acids is 1. The lowest BCUT2D eigenvalue weighted by molar-refractivity contribution is -0.115. The number of amides is 1. The van der Waals surface area contributed by atoms with E-state index in [0.717, 1.165) is 5.56 Å². The minimum absolute atomic E-state index is 0.146. The van der Waals surface area contributed by atoms with Crippen LogP contribution in [0.25, 0.3) is 6.08 Å². The van der Waals surface area contributed by atoms with Gasteiger partial charge in [-0.25, -0.2) is 9.79 Å². The Balaban J connectivity index is 1.83. The Kier molecular flexibility index (Phi) is 4.20. The van der Waals surface area contributed by atoms with Gasteiger partial charge in [-0.1, -0.05) is 12.1 Å². The second kappa shape index (κ2) is 6.45. The molecule has 1 aliphatic heterocycles. The van der Waals surface area contributed by atoms with Gasteiger partial charge < -0.3 is 10.4 Å². The highest BCUT2D eigenvalue weighted by molar-refractivity contribution is 8.18. The van der Waals surface area contributed by atoms with Crippen LogP contribution in [-0.2, 0) is 4.79 Å². The van der Waals surface area contributed by atoms with Crippen LogP contribution in [0.4, 0.5) is 5.69 Å².